The van der Waals surface area contributed by atoms with Crippen molar-refractivity contribution in [3.63, 3.8) is 0 Å². The van der Waals surface area contributed by atoms with E-state index < -0.39 is 0 Å². The van der Waals surface area contributed by atoms with Gasteiger partial charge in [-0.05, 0) is 42.9 Å². The van der Waals surface area contributed by atoms with E-state index in [1.54, 1.807) is 19.2 Å². The molecule has 1 aliphatic carbocycles. The van der Waals surface area contributed by atoms with Crippen molar-refractivity contribution >= 4 is 17.3 Å². The smallest absolute Gasteiger partial charge is 0.251 e. The summed E-state index contributed by atoms with van der Waals surface area (Å²) in [5.41, 5.74) is 8.15. The number of carbonyl (C=O) groups excluding carboxylic acids is 1. The van der Waals surface area contributed by atoms with E-state index in [0.29, 0.717) is 11.3 Å². The molecule has 19 heavy (non-hydrogen) atoms. The largest absolute Gasteiger partial charge is 0.397 e. The molecule has 1 amide bonds. The van der Waals surface area contributed by atoms with Crippen LogP contribution in [0, 0.1) is 5.41 Å². The molecule has 0 aromatic heterocycles. The lowest BCUT2D eigenvalue weighted by molar-refractivity contribution is 0.0963. The molecule has 2 rings (SSSR count). The van der Waals surface area contributed by atoms with Crippen LogP contribution in [0.15, 0.2) is 18.2 Å². The van der Waals surface area contributed by atoms with Gasteiger partial charge in [0, 0.05) is 25.8 Å². The van der Waals surface area contributed by atoms with E-state index in [-0.39, 0.29) is 17.9 Å². The summed E-state index contributed by atoms with van der Waals surface area (Å²) in [5.74, 6) is -0.141. The van der Waals surface area contributed by atoms with Crippen LogP contribution in [-0.2, 0) is 0 Å². The summed E-state index contributed by atoms with van der Waals surface area (Å²) < 4.78 is 0. The normalized spacial score (nSPS) is 15.9. The van der Waals surface area contributed by atoms with Crippen molar-refractivity contribution in [2.24, 2.45) is 5.41 Å². The number of aliphatic hydroxyl groups excluding tert-OH is 1. The van der Waals surface area contributed by atoms with Gasteiger partial charge in [-0.1, -0.05) is 0 Å². The van der Waals surface area contributed by atoms with Crippen LogP contribution in [-0.4, -0.2) is 31.2 Å². The Balaban J connectivity index is 2.00. The highest BCUT2D eigenvalue weighted by Gasteiger charge is 2.41. The highest BCUT2D eigenvalue weighted by molar-refractivity contribution is 5.95. The van der Waals surface area contributed by atoms with Gasteiger partial charge < -0.3 is 21.5 Å². The van der Waals surface area contributed by atoms with Crippen LogP contribution in [0.4, 0.5) is 11.4 Å². The van der Waals surface area contributed by atoms with E-state index in [1.807, 2.05) is 6.07 Å². The number of nitrogens with two attached hydrogens (primary N) is 1. The predicted molar refractivity (Wildman–Crippen MR) is 76.1 cm³/mol. The van der Waals surface area contributed by atoms with Gasteiger partial charge in [0.2, 0.25) is 0 Å². The maximum absolute atomic E-state index is 11.5. The van der Waals surface area contributed by atoms with Gasteiger partial charge in [-0.3, -0.25) is 4.79 Å². The summed E-state index contributed by atoms with van der Waals surface area (Å²) in [7, 11) is 1.59. The van der Waals surface area contributed by atoms with Crippen molar-refractivity contribution in [1.29, 1.82) is 0 Å². The van der Waals surface area contributed by atoms with Gasteiger partial charge in [-0.25, -0.2) is 0 Å². The van der Waals surface area contributed by atoms with E-state index in [4.69, 9.17) is 10.8 Å². The fourth-order valence-corrected chi connectivity index (χ4v) is 2.22. The standard InChI is InChI=1S/C14H21N3O2/c1-16-13(19)10-2-3-12(11(15)8-10)17-9-14(4-5-14)6-7-18/h2-3,8,17-18H,4-7,9,15H2,1H3,(H,16,19). The maximum atomic E-state index is 11.5. The van der Waals surface area contributed by atoms with Crippen LogP contribution in [0.25, 0.3) is 0 Å². The monoisotopic (exact) mass is 263 g/mol. The second kappa shape index (κ2) is 5.48. The Kier molecular flexibility index (Phi) is 3.95. The van der Waals surface area contributed by atoms with Gasteiger partial charge in [0.25, 0.3) is 5.91 Å². The first-order chi connectivity index (χ1) is 9.10. The molecule has 1 aromatic rings. The minimum absolute atomic E-state index is 0.141. The minimum Gasteiger partial charge on any atom is -0.397 e. The van der Waals surface area contributed by atoms with Crippen LogP contribution in [0.3, 0.4) is 0 Å². The fourth-order valence-electron chi connectivity index (χ4n) is 2.22. The van der Waals surface area contributed by atoms with Gasteiger partial charge in [0.1, 0.15) is 0 Å². The zero-order chi connectivity index (χ0) is 13.9. The van der Waals surface area contributed by atoms with Crippen LogP contribution in [0.5, 0.6) is 0 Å². The Morgan fingerprint density at radius 1 is 1.47 bits per heavy atom. The molecule has 0 saturated heterocycles. The van der Waals surface area contributed by atoms with Crippen LogP contribution < -0.4 is 16.4 Å². The molecule has 1 fully saturated rings. The maximum Gasteiger partial charge on any atom is 0.251 e. The number of benzene rings is 1. The van der Waals surface area contributed by atoms with Crippen LogP contribution in [0.1, 0.15) is 29.6 Å². The molecule has 0 bridgehead atoms. The van der Waals surface area contributed by atoms with E-state index in [0.717, 1.165) is 31.5 Å². The first kappa shape index (κ1) is 13.7. The number of hydrogen-bond acceptors (Lipinski definition) is 4. The fraction of sp³-hybridized carbons (Fsp3) is 0.500. The summed E-state index contributed by atoms with van der Waals surface area (Å²) in [4.78, 5) is 11.5. The summed E-state index contributed by atoms with van der Waals surface area (Å²) in [6, 6.07) is 5.25. The molecule has 0 atom stereocenters. The summed E-state index contributed by atoms with van der Waals surface area (Å²) in [5, 5.41) is 14.9. The molecular weight excluding hydrogens is 242 g/mol. The summed E-state index contributed by atoms with van der Waals surface area (Å²) in [6.07, 6.45) is 3.13. The lowest BCUT2D eigenvalue weighted by atomic mass is 10.0. The second-order valence-corrected chi connectivity index (χ2v) is 5.21. The number of carbonyl (C=O) groups is 1. The zero-order valence-electron chi connectivity index (χ0n) is 11.2. The highest BCUT2D eigenvalue weighted by atomic mass is 16.3. The second-order valence-electron chi connectivity index (χ2n) is 5.21. The Bertz CT molecular complexity index is 470. The van der Waals surface area contributed by atoms with Crippen LogP contribution in [0.2, 0.25) is 0 Å². The first-order valence-corrected chi connectivity index (χ1v) is 6.56. The molecule has 0 radical (unpaired) electrons. The number of hydrogen-bond donors (Lipinski definition) is 4. The highest BCUT2D eigenvalue weighted by Crippen LogP contribution is 2.48. The van der Waals surface area contributed by atoms with E-state index >= 15 is 0 Å². The van der Waals surface area contributed by atoms with Gasteiger partial charge in [0.15, 0.2) is 0 Å². The molecular formula is C14H21N3O2. The molecule has 5 nitrogen and oxygen atoms in total. The van der Waals surface area contributed by atoms with E-state index in [1.165, 1.54) is 0 Å². The molecule has 0 unspecified atom stereocenters. The van der Waals surface area contributed by atoms with Gasteiger partial charge in [0.05, 0.1) is 11.4 Å². The van der Waals surface area contributed by atoms with Gasteiger partial charge in [-0.15, -0.1) is 0 Å². The van der Waals surface area contributed by atoms with E-state index in [2.05, 4.69) is 10.6 Å². The Labute approximate surface area is 113 Å². The average Bonchev–Trinajstić information content (AvgIpc) is 3.17. The van der Waals surface area contributed by atoms with Crippen molar-refractivity contribution in [2.45, 2.75) is 19.3 Å². The van der Waals surface area contributed by atoms with Gasteiger partial charge >= 0.3 is 0 Å². The molecule has 1 saturated carbocycles. The molecule has 5 N–H and O–H groups in total. The number of nitrogen functional groups attached to an aromatic ring is 1. The number of aliphatic hydroxyl groups is 1. The van der Waals surface area contributed by atoms with Crippen molar-refractivity contribution in [1.82, 2.24) is 5.32 Å². The average molecular weight is 263 g/mol. The Morgan fingerprint density at radius 2 is 2.21 bits per heavy atom. The predicted octanol–water partition coefficient (Wildman–Crippen LogP) is 1.20. The quantitative estimate of drug-likeness (QED) is 0.581. The third kappa shape index (κ3) is 3.17. The number of amides is 1. The Morgan fingerprint density at radius 3 is 2.74 bits per heavy atom. The summed E-state index contributed by atoms with van der Waals surface area (Å²) in [6.45, 7) is 1.05. The van der Waals surface area contributed by atoms with Crippen LogP contribution >= 0.6 is 0 Å². The third-order valence-electron chi connectivity index (χ3n) is 3.79. The van der Waals surface area contributed by atoms with Crippen molar-refractivity contribution in [3.8, 4) is 0 Å². The van der Waals surface area contributed by atoms with Gasteiger partial charge in [-0.2, -0.15) is 0 Å². The number of nitrogens with one attached hydrogen (secondary N) is 2. The SMILES string of the molecule is CNC(=O)c1ccc(NCC2(CCO)CC2)c(N)c1. The molecule has 0 aliphatic heterocycles. The number of anilines is 2. The molecule has 1 aromatic carbocycles. The zero-order valence-corrected chi connectivity index (χ0v) is 11.2. The lowest BCUT2D eigenvalue weighted by Gasteiger charge is -2.17. The molecule has 5 heteroatoms. The Hall–Kier alpha value is -1.75. The number of rotatable bonds is 6. The third-order valence-corrected chi connectivity index (χ3v) is 3.79. The molecule has 1 aliphatic rings. The first-order valence-electron chi connectivity index (χ1n) is 6.56. The summed E-state index contributed by atoms with van der Waals surface area (Å²) >= 11 is 0. The lowest BCUT2D eigenvalue weighted by Crippen LogP contribution is -2.19. The molecule has 104 valence electrons. The van der Waals surface area contributed by atoms with Crippen molar-refractivity contribution in [2.75, 3.05) is 31.2 Å². The topological polar surface area (TPSA) is 87.4 Å². The minimum atomic E-state index is -0.141. The van der Waals surface area contributed by atoms with Crippen molar-refractivity contribution in [3.05, 3.63) is 23.8 Å². The molecule has 0 heterocycles. The van der Waals surface area contributed by atoms with Crippen molar-refractivity contribution < 1.29 is 9.90 Å². The molecule has 0 spiro atoms. The van der Waals surface area contributed by atoms with E-state index in [9.17, 15) is 4.79 Å².